The maximum Gasteiger partial charge on any atom is 0.293 e. The average molecular weight is 419 g/mol. The molecule has 3 amide bonds. The van der Waals surface area contributed by atoms with Crippen molar-refractivity contribution in [1.29, 1.82) is 0 Å². The van der Waals surface area contributed by atoms with E-state index in [1.54, 1.807) is 37.3 Å². The molecule has 8 heteroatoms. The third-order valence-electron chi connectivity index (χ3n) is 4.11. The Bertz CT molecular complexity index is 976. The van der Waals surface area contributed by atoms with Crippen LogP contribution in [0.4, 0.5) is 9.18 Å². The molecule has 144 valence electrons. The number of rotatable bonds is 5. The molecule has 1 aliphatic rings. The van der Waals surface area contributed by atoms with Gasteiger partial charge in [0.1, 0.15) is 5.82 Å². The lowest BCUT2D eigenvalue weighted by Crippen LogP contribution is -2.37. The van der Waals surface area contributed by atoms with Gasteiger partial charge in [-0.1, -0.05) is 29.8 Å². The Kier molecular flexibility index (Phi) is 6.16. The molecular weight excluding hydrogens is 403 g/mol. The first kappa shape index (κ1) is 20.1. The number of thioether (sulfide) groups is 1. The molecule has 0 radical (unpaired) electrons. The number of aryl methyl sites for hydroxylation is 1. The summed E-state index contributed by atoms with van der Waals surface area (Å²) in [5.41, 5.74) is 1.61. The van der Waals surface area contributed by atoms with Crippen LogP contribution in [0.2, 0.25) is 5.02 Å². The van der Waals surface area contributed by atoms with Gasteiger partial charge in [-0.15, -0.1) is 0 Å². The summed E-state index contributed by atoms with van der Waals surface area (Å²) >= 11 is 6.68. The van der Waals surface area contributed by atoms with Crippen LogP contribution in [-0.4, -0.2) is 35.0 Å². The molecule has 1 aliphatic heterocycles. The average Bonchev–Trinajstić information content (AvgIpc) is 2.92. The highest BCUT2D eigenvalue weighted by atomic mass is 35.5. The smallest absolute Gasteiger partial charge is 0.293 e. The van der Waals surface area contributed by atoms with Gasteiger partial charge in [-0.3, -0.25) is 19.3 Å². The highest BCUT2D eigenvalue weighted by Gasteiger charge is 2.34. The Morgan fingerprint density at radius 2 is 1.93 bits per heavy atom. The number of imide groups is 1. The second-order valence-corrected chi connectivity index (χ2v) is 7.53. The molecule has 1 saturated heterocycles. The van der Waals surface area contributed by atoms with Gasteiger partial charge in [0.2, 0.25) is 0 Å². The van der Waals surface area contributed by atoms with Crippen molar-refractivity contribution < 1.29 is 18.8 Å². The van der Waals surface area contributed by atoms with Crippen LogP contribution < -0.4 is 5.32 Å². The summed E-state index contributed by atoms with van der Waals surface area (Å²) in [6.45, 7) is 1.80. The Labute approximate surface area is 170 Å². The van der Waals surface area contributed by atoms with E-state index in [-0.39, 0.29) is 18.7 Å². The van der Waals surface area contributed by atoms with Gasteiger partial charge in [0.15, 0.2) is 0 Å². The summed E-state index contributed by atoms with van der Waals surface area (Å²) in [7, 11) is 0. The molecule has 2 aromatic carbocycles. The first-order valence-electron chi connectivity index (χ1n) is 8.40. The Hall–Kier alpha value is -2.64. The summed E-state index contributed by atoms with van der Waals surface area (Å²) in [6, 6.07) is 10.8. The zero-order valence-corrected chi connectivity index (χ0v) is 16.4. The van der Waals surface area contributed by atoms with E-state index in [1.165, 1.54) is 12.1 Å². The van der Waals surface area contributed by atoms with Crippen LogP contribution in [-0.2, 0) is 4.79 Å². The van der Waals surface area contributed by atoms with Gasteiger partial charge < -0.3 is 5.32 Å². The highest BCUT2D eigenvalue weighted by Crippen LogP contribution is 2.32. The van der Waals surface area contributed by atoms with Gasteiger partial charge in [-0.05, 0) is 60.2 Å². The van der Waals surface area contributed by atoms with Crippen molar-refractivity contribution >= 4 is 46.5 Å². The van der Waals surface area contributed by atoms with Crippen molar-refractivity contribution in [3.05, 3.63) is 74.9 Å². The van der Waals surface area contributed by atoms with Crippen LogP contribution >= 0.6 is 23.4 Å². The molecule has 0 aliphatic carbocycles. The molecule has 5 nitrogen and oxygen atoms in total. The van der Waals surface area contributed by atoms with E-state index >= 15 is 0 Å². The van der Waals surface area contributed by atoms with E-state index in [2.05, 4.69) is 5.32 Å². The summed E-state index contributed by atoms with van der Waals surface area (Å²) in [5.74, 6) is -1.38. The lowest BCUT2D eigenvalue weighted by molar-refractivity contribution is -0.122. The fraction of sp³-hybridized carbons (Fsp3) is 0.150. The van der Waals surface area contributed by atoms with Crippen LogP contribution in [0.3, 0.4) is 0 Å². The SMILES string of the molecule is Cc1ccc(F)cc1C(=O)NCCN1C(=O)S/C(=C\c2ccc(Cl)cc2)C1=O. The quantitative estimate of drug-likeness (QED) is 0.737. The largest absolute Gasteiger partial charge is 0.350 e. The predicted octanol–water partition coefficient (Wildman–Crippen LogP) is 4.25. The number of nitrogens with zero attached hydrogens (tertiary/aromatic N) is 1. The Morgan fingerprint density at radius 1 is 1.21 bits per heavy atom. The molecule has 0 atom stereocenters. The van der Waals surface area contributed by atoms with Crippen LogP contribution in [0.25, 0.3) is 6.08 Å². The first-order chi connectivity index (χ1) is 13.3. The van der Waals surface area contributed by atoms with Crippen molar-refractivity contribution in [2.45, 2.75) is 6.92 Å². The third kappa shape index (κ3) is 4.61. The van der Waals surface area contributed by atoms with E-state index < -0.39 is 22.9 Å². The van der Waals surface area contributed by atoms with Gasteiger partial charge >= 0.3 is 0 Å². The number of benzene rings is 2. The Morgan fingerprint density at radius 3 is 2.64 bits per heavy atom. The molecule has 0 aromatic heterocycles. The fourth-order valence-corrected chi connectivity index (χ4v) is 3.61. The van der Waals surface area contributed by atoms with Gasteiger partial charge in [0.05, 0.1) is 4.91 Å². The second kappa shape index (κ2) is 8.58. The maximum absolute atomic E-state index is 13.3. The number of amides is 3. The van der Waals surface area contributed by atoms with Crippen molar-refractivity contribution in [3.8, 4) is 0 Å². The summed E-state index contributed by atoms with van der Waals surface area (Å²) in [5, 5.41) is 2.79. The minimum atomic E-state index is -0.506. The van der Waals surface area contributed by atoms with Gasteiger partial charge in [-0.2, -0.15) is 0 Å². The highest BCUT2D eigenvalue weighted by molar-refractivity contribution is 8.18. The van der Waals surface area contributed by atoms with Crippen molar-refractivity contribution in [3.63, 3.8) is 0 Å². The van der Waals surface area contributed by atoms with Gasteiger partial charge in [0, 0.05) is 23.7 Å². The minimum Gasteiger partial charge on any atom is -0.350 e. The molecule has 3 rings (SSSR count). The van der Waals surface area contributed by atoms with Crippen LogP contribution in [0.1, 0.15) is 21.5 Å². The lowest BCUT2D eigenvalue weighted by atomic mass is 10.1. The van der Waals surface area contributed by atoms with E-state index in [9.17, 15) is 18.8 Å². The number of carbonyl (C=O) groups is 3. The maximum atomic E-state index is 13.3. The molecule has 1 N–H and O–H groups in total. The second-order valence-electron chi connectivity index (χ2n) is 6.10. The fourth-order valence-electron chi connectivity index (χ4n) is 2.62. The topological polar surface area (TPSA) is 66.5 Å². The molecule has 1 heterocycles. The van der Waals surface area contributed by atoms with E-state index in [0.29, 0.717) is 15.5 Å². The molecule has 1 fully saturated rings. The third-order valence-corrected chi connectivity index (χ3v) is 5.27. The monoisotopic (exact) mass is 418 g/mol. The molecule has 28 heavy (non-hydrogen) atoms. The van der Waals surface area contributed by atoms with Gasteiger partial charge in [0.25, 0.3) is 17.1 Å². The normalized spacial score (nSPS) is 15.4. The number of halogens is 2. The Balaban J connectivity index is 1.61. The zero-order valence-electron chi connectivity index (χ0n) is 14.9. The first-order valence-corrected chi connectivity index (χ1v) is 9.60. The van der Waals surface area contributed by atoms with Crippen molar-refractivity contribution in [2.24, 2.45) is 0 Å². The number of hydrogen-bond donors (Lipinski definition) is 1. The van der Waals surface area contributed by atoms with E-state index in [4.69, 9.17) is 11.6 Å². The van der Waals surface area contributed by atoms with Crippen molar-refractivity contribution in [1.82, 2.24) is 10.2 Å². The van der Waals surface area contributed by atoms with Crippen molar-refractivity contribution in [2.75, 3.05) is 13.1 Å². The zero-order chi connectivity index (χ0) is 20.3. The van der Waals surface area contributed by atoms with E-state index in [1.807, 2.05) is 0 Å². The van der Waals surface area contributed by atoms with Gasteiger partial charge in [-0.25, -0.2) is 4.39 Å². The van der Waals surface area contributed by atoms with Crippen LogP contribution in [0.15, 0.2) is 47.4 Å². The molecule has 0 unspecified atom stereocenters. The number of hydrogen-bond acceptors (Lipinski definition) is 4. The van der Waals surface area contributed by atoms with E-state index in [0.717, 1.165) is 28.3 Å². The molecule has 0 bridgehead atoms. The number of nitrogens with one attached hydrogen (secondary N) is 1. The predicted molar refractivity (Wildman–Crippen MR) is 108 cm³/mol. The minimum absolute atomic E-state index is 0.0305. The standard InChI is InChI=1S/C20H16ClFN2O3S/c1-12-2-7-15(22)11-16(12)18(25)23-8-9-24-19(26)17(28-20(24)27)10-13-3-5-14(21)6-4-13/h2-7,10-11H,8-9H2,1H3,(H,23,25)/b17-10-. The lowest BCUT2D eigenvalue weighted by Gasteiger charge is -2.13. The molecular formula is C20H16ClFN2O3S. The summed E-state index contributed by atoms with van der Waals surface area (Å²) in [4.78, 5) is 38.2. The molecule has 0 saturated carbocycles. The van der Waals surface area contributed by atoms with Crippen LogP contribution in [0, 0.1) is 12.7 Å². The number of carbonyl (C=O) groups excluding carboxylic acids is 3. The summed E-state index contributed by atoms with van der Waals surface area (Å²) in [6.07, 6.45) is 1.62. The van der Waals surface area contributed by atoms with Crippen LogP contribution in [0.5, 0.6) is 0 Å². The molecule has 2 aromatic rings. The molecule has 0 spiro atoms. The summed E-state index contributed by atoms with van der Waals surface area (Å²) < 4.78 is 13.3.